The number of hydrogen-bond donors (Lipinski definition) is 0. The molecule has 0 aliphatic carbocycles. The lowest BCUT2D eigenvalue weighted by Gasteiger charge is -2.27. The molecule has 0 N–H and O–H groups in total. The van der Waals surface area contributed by atoms with Crippen molar-refractivity contribution in [1.82, 2.24) is 4.98 Å². The molecule has 0 radical (unpaired) electrons. The Labute approximate surface area is 131 Å². The quantitative estimate of drug-likeness (QED) is 0.598. The molecule has 0 saturated heterocycles. The van der Waals surface area contributed by atoms with Gasteiger partial charge in [-0.05, 0) is 24.3 Å². The summed E-state index contributed by atoms with van der Waals surface area (Å²) in [4.78, 5) is 0.284. The number of alkyl halides is 4. The standard InChI is InChI=1S/C11H6Cl2F3NO2S2/c12-10(11(14,15)16,7-3-1-2-6-17-7)8-4-5-9(20-8)21(13,18)19/h1-6H. The summed E-state index contributed by atoms with van der Waals surface area (Å²) in [6.45, 7) is 0. The van der Waals surface area contributed by atoms with E-state index in [0.29, 0.717) is 11.3 Å². The maximum Gasteiger partial charge on any atom is 0.418 e. The average Bonchev–Trinajstić information content (AvgIpc) is 2.87. The molecular weight excluding hydrogens is 370 g/mol. The first-order valence-corrected chi connectivity index (χ1v) is 8.79. The maximum absolute atomic E-state index is 13.4. The van der Waals surface area contributed by atoms with Crippen LogP contribution < -0.4 is 0 Å². The zero-order valence-corrected chi connectivity index (χ0v) is 13.1. The highest BCUT2D eigenvalue weighted by Crippen LogP contribution is 2.51. The van der Waals surface area contributed by atoms with E-state index in [4.69, 9.17) is 22.3 Å². The third-order valence-corrected chi connectivity index (χ3v) is 6.59. The Bertz CT molecular complexity index is 746. The van der Waals surface area contributed by atoms with Crippen LogP contribution in [0.1, 0.15) is 10.6 Å². The minimum absolute atomic E-state index is 0.357. The fourth-order valence-corrected chi connectivity index (χ4v) is 4.09. The second-order valence-electron chi connectivity index (χ2n) is 3.93. The summed E-state index contributed by atoms with van der Waals surface area (Å²) in [6, 6.07) is 5.89. The van der Waals surface area contributed by atoms with Crippen molar-refractivity contribution in [3.8, 4) is 0 Å². The fraction of sp³-hybridized carbons (Fsp3) is 0.182. The molecule has 114 valence electrons. The maximum atomic E-state index is 13.4. The molecule has 2 aromatic heterocycles. The molecule has 2 rings (SSSR count). The monoisotopic (exact) mass is 375 g/mol. The predicted molar refractivity (Wildman–Crippen MR) is 74.3 cm³/mol. The van der Waals surface area contributed by atoms with Gasteiger partial charge in [-0.2, -0.15) is 13.2 Å². The highest BCUT2D eigenvalue weighted by atomic mass is 35.7. The summed E-state index contributed by atoms with van der Waals surface area (Å²) < 4.78 is 62.3. The van der Waals surface area contributed by atoms with Crippen LogP contribution in [-0.2, 0) is 13.9 Å². The van der Waals surface area contributed by atoms with Crippen LogP contribution in [0.5, 0.6) is 0 Å². The van der Waals surface area contributed by atoms with Crippen LogP contribution >= 0.6 is 33.6 Å². The van der Waals surface area contributed by atoms with Crippen LogP contribution in [-0.4, -0.2) is 19.6 Å². The summed E-state index contributed by atoms with van der Waals surface area (Å²) in [5, 5.41) is 0. The Morgan fingerprint density at radius 1 is 1.14 bits per heavy atom. The lowest BCUT2D eigenvalue weighted by Crippen LogP contribution is -2.38. The van der Waals surface area contributed by atoms with Gasteiger partial charge in [0, 0.05) is 21.8 Å². The van der Waals surface area contributed by atoms with Crippen LogP contribution in [0.25, 0.3) is 0 Å². The molecule has 0 saturated carbocycles. The molecule has 0 fully saturated rings. The van der Waals surface area contributed by atoms with Gasteiger partial charge >= 0.3 is 6.18 Å². The van der Waals surface area contributed by atoms with Crippen LogP contribution in [0.4, 0.5) is 13.2 Å². The highest BCUT2D eigenvalue weighted by molar-refractivity contribution is 8.15. The molecule has 0 aromatic carbocycles. The molecule has 2 heterocycles. The van der Waals surface area contributed by atoms with E-state index >= 15 is 0 Å². The van der Waals surface area contributed by atoms with E-state index in [1.165, 1.54) is 18.3 Å². The number of rotatable bonds is 3. The number of nitrogens with zero attached hydrogens (tertiary/aromatic N) is 1. The molecular formula is C11H6Cl2F3NO2S2. The minimum atomic E-state index is -4.87. The second kappa shape index (κ2) is 5.42. The first kappa shape index (κ1) is 16.5. The molecule has 21 heavy (non-hydrogen) atoms. The lowest BCUT2D eigenvalue weighted by molar-refractivity contribution is -0.154. The minimum Gasteiger partial charge on any atom is -0.259 e. The fourth-order valence-electron chi connectivity index (χ4n) is 1.61. The van der Waals surface area contributed by atoms with Crippen LogP contribution in [0.3, 0.4) is 0 Å². The molecule has 1 atom stereocenters. The van der Waals surface area contributed by atoms with Crippen molar-refractivity contribution < 1.29 is 21.6 Å². The van der Waals surface area contributed by atoms with Crippen LogP contribution in [0, 0.1) is 0 Å². The molecule has 0 amide bonds. The Morgan fingerprint density at radius 2 is 1.81 bits per heavy atom. The van der Waals surface area contributed by atoms with Gasteiger partial charge in [0.1, 0.15) is 4.21 Å². The summed E-state index contributed by atoms with van der Waals surface area (Å²) in [6.07, 6.45) is -3.70. The molecule has 0 spiro atoms. The van der Waals surface area contributed by atoms with Crippen molar-refractivity contribution in [1.29, 1.82) is 0 Å². The second-order valence-corrected chi connectivity index (χ2v) is 8.37. The predicted octanol–water partition coefficient (Wildman–Crippen LogP) is 4.12. The zero-order valence-electron chi connectivity index (χ0n) is 9.93. The van der Waals surface area contributed by atoms with E-state index in [1.54, 1.807) is 0 Å². The summed E-state index contributed by atoms with van der Waals surface area (Å²) in [5.41, 5.74) is -0.445. The first-order valence-electron chi connectivity index (χ1n) is 5.29. The van der Waals surface area contributed by atoms with Crippen molar-refractivity contribution >= 4 is 42.7 Å². The molecule has 10 heteroatoms. The van der Waals surface area contributed by atoms with Crippen molar-refractivity contribution in [3.05, 3.63) is 47.1 Å². The van der Waals surface area contributed by atoms with Gasteiger partial charge in [-0.1, -0.05) is 17.7 Å². The largest absolute Gasteiger partial charge is 0.418 e. The van der Waals surface area contributed by atoms with Gasteiger partial charge in [-0.3, -0.25) is 4.98 Å². The molecule has 0 bridgehead atoms. The molecule has 0 aliphatic rings. The molecule has 3 nitrogen and oxygen atoms in total. The normalized spacial score (nSPS) is 15.7. The highest BCUT2D eigenvalue weighted by Gasteiger charge is 2.58. The van der Waals surface area contributed by atoms with Gasteiger partial charge in [0.15, 0.2) is 0 Å². The zero-order chi connectivity index (χ0) is 15.9. The molecule has 2 aromatic rings. The topological polar surface area (TPSA) is 47.0 Å². The number of pyridine rings is 1. The van der Waals surface area contributed by atoms with E-state index in [0.717, 1.165) is 18.2 Å². The molecule has 0 aliphatic heterocycles. The van der Waals surface area contributed by atoms with Gasteiger partial charge < -0.3 is 0 Å². The van der Waals surface area contributed by atoms with E-state index < -0.39 is 34.9 Å². The Morgan fingerprint density at radius 3 is 2.24 bits per heavy atom. The Kier molecular flexibility index (Phi) is 4.27. The lowest BCUT2D eigenvalue weighted by atomic mass is 10.0. The van der Waals surface area contributed by atoms with E-state index in [1.807, 2.05) is 0 Å². The van der Waals surface area contributed by atoms with Crippen LogP contribution in [0.15, 0.2) is 40.7 Å². The van der Waals surface area contributed by atoms with Gasteiger partial charge in [-0.15, -0.1) is 11.3 Å². The van der Waals surface area contributed by atoms with Crippen molar-refractivity contribution in [2.45, 2.75) is 15.3 Å². The summed E-state index contributed by atoms with van der Waals surface area (Å²) in [7, 11) is 0.999. The van der Waals surface area contributed by atoms with Gasteiger partial charge in [0.2, 0.25) is 4.87 Å². The third kappa shape index (κ3) is 3.03. The Hall–Kier alpha value is -0.830. The van der Waals surface area contributed by atoms with Gasteiger partial charge in [-0.25, -0.2) is 8.42 Å². The van der Waals surface area contributed by atoms with Crippen molar-refractivity contribution in [2.75, 3.05) is 0 Å². The van der Waals surface area contributed by atoms with E-state index in [2.05, 4.69) is 4.98 Å². The summed E-state index contributed by atoms with van der Waals surface area (Å²) in [5.74, 6) is 0. The van der Waals surface area contributed by atoms with Crippen LogP contribution in [0.2, 0.25) is 0 Å². The number of aromatic nitrogens is 1. The first-order chi connectivity index (χ1) is 9.57. The van der Waals surface area contributed by atoms with Gasteiger partial charge in [0.25, 0.3) is 9.05 Å². The van der Waals surface area contributed by atoms with Crippen molar-refractivity contribution in [2.24, 2.45) is 0 Å². The van der Waals surface area contributed by atoms with Crippen molar-refractivity contribution in [3.63, 3.8) is 0 Å². The molecule has 1 unspecified atom stereocenters. The SMILES string of the molecule is O=S(=O)(Cl)c1ccc(C(Cl)(c2ccccn2)C(F)(F)F)s1. The van der Waals surface area contributed by atoms with E-state index in [9.17, 15) is 21.6 Å². The number of hydrogen-bond acceptors (Lipinski definition) is 4. The average molecular weight is 376 g/mol. The number of thiophene rings is 1. The third-order valence-electron chi connectivity index (χ3n) is 2.57. The number of halogens is 5. The van der Waals surface area contributed by atoms with E-state index in [-0.39, 0.29) is 0 Å². The van der Waals surface area contributed by atoms with Gasteiger partial charge in [0.05, 0.1) is 5.69 Å². The summed E-state index contributed by atoms with van der Waals surface area (Å²) >= 11 is 6.17. The smallest absolute Gasteiger partial charge is 0.259 e. The Balaban J connectivity index is 2.66.